The van der Waals surface area contributed by atoms with Gasteiger partial charge in [-0.1, -0.05) is 23.7 Å². The predicted molar refractivity (Wildman–Crippen MR) is 116 cm³/mol. The lowest BCUT2D eigenvalue weighted by molar-refractivity contribution is -0.140. The van der Waals surface area contributed by atoms with Gasteiger partial charge in [-0.15, -0.1) is 0 Å². The molecule has 170 valence electrons. The van der Waals surface area contributed by atoms with Gasteiger partial charge in [-0.25, -0.2) is 14.1 Å². The van der Waals surface area contributed by atoms with E-state index in [1.807, 2.05) is 0 Å². The number of piperidine rings is 1. The van der Waals surface area contributed by atoms with Crippen LogP contribution < -0.4 is 11.1 Å². The fourth-order valence-electron chi connectivity index (χ4n) is 4.55. The van der Waals surface area contributed by atoms with Crippen LogP contribution in [-0.4, -0.2) is 49.5 Å². The summed E-state index contributed by atoms with van der Waals surface area (Å²) in [6.45, 7) is -0.217. The van der Waals surface area contributed by atoms with Crippen molar-refractivity contribution in [3.05, 3.63) is 58.6 Å². The standard InChI is InChI=1S/C22H20ClFN6O3/c23-14-5-1-3-11(18(14)24)9-27-22(33)16-8-12-7-15(12)30(16)17(31)10-29-21-13(4-2-6-26-21)19(28-29)20(25)32/h1-6,12,15-16H,7-10H2,(H2,25,32)(H,27,33)/t12-,15-,16+/m1/s1. The zero-order valence-electron chi connectivity index (χ0n) is 17.4. The number of nitrogens with two attached hydrogens (primary N) is 1. The van der Waals surface area contributed by atoms with Crippen LogP contribution in [0.4, 0.5) is 4.39 Å². The van der Waals surface area contributed by atoms with Crippen molar-refractivity contribution in [3.8, 4) is 0 Å². The molecule has 3 N–H and O–H groups in total. The smallest absolute Gasteiger partial charge is 0.269 e. The van der Waals surface area contributed by atoms with Crippen molar-refractivity contribution < 1.29 is 18.8 Å². The number of likely N-dealkylation sites (tertiary alicyclic amines) is 1. The first-order valence-corrected chi connectivity index (χ1v) is 10.9. The van der Waals surface area contributed by atoms with E-state index in [1.54, 1.807) is 29.2 Å². The van der Waals surface area contributed by atoms with E-state index >= 15 is 0 Å². The Morgan fingerprint density at radius 1 is 1.21 bits per heavy atom. The summed E-state index contributed by atoms with van der Waals surface area (Å²) >= 11 is 5.80. The molecular formula is C22H20ClFN6O3. The van der Waals surface area contributed by atoms with Gasteiger partial charge in [0.1, 0.15) is 18.4 Å². The molecule has 1 aromatic carbocycles. The van der Waals surface area contributed by atoms with Gasteiger partial charge in [0.05, 0.1) is 10.4 Å². The molecule has 0 bridgehead atoms. The second-order valence-corrected chi connectivity index (χ2v) is 8.70. The van der Waals surface area contributed by atoms with Gasteiger partial charge in [0.25, 0.3) is 5.91 Å². The summed E-state index contributed by atoms with van der Waals surface area (Å²) in [4.78, 5) is 43.7. The Morgan fingerprint density at radius 3 is 2.82 bits per heavy atom. The summed E-state index contributed by atoms with van der Waals surface area (Å²) in [5.41, 5.74) is 6.08. The van der Waals surface area contributed by atoms with E-state index in [0.717, 1.165) is 6.42 Å². The number of benzene rings is 1. The maximum absolute atomic E-state index is 14.1. The number of aromatic nitrogens is 3. The number of nitrogens with one attached hydrogen (secondary N) is 1. The lowest BCUT2D eigenvalue weighted by Gasteiger charge is -2.27. The van der Waals surface area contributed by atoms with Crippen LogP contribution >= 0.6 is 11.6 Å². The minimum atomic E-state index is -0.715. The molecule has 3 atom stereocenters. The van der Waals surface area contributed by atoms with Crippen molar-refractivity contribution in [2.24, 2.45) is 11.7 Å². The van der Waals surface area contributed by atoms with Crippen LogP contribution in [0.2, 0.25) is 5.02 Å². The summed E-state index contributed by atoms with van der Waals surface area (Å²) in [5, 5.41) is 7.34. The average molecular weight is 471 g/mol. The third kappa shape index (κ3) is 3.80. The van der Waals surface area contributed by atoms with Crippen LogP contribution in [0.25, 0.3) is 11.0 Å². The van der Waals surface area contributed by atoms with Crippen LogP contribution in [-0.2, 0) is 22.7 Å². The molecule has 5 rings (SSSR count). The summed E-state index contributed by atoms with van der Waals surface area (Å²) in [6.07, 6.45) is 2.92. The summed E-state index contributed by atoms with van der Waals surface area (Å²) < 4.78 is 15.5. The number of carbonyl (C=O) groups excluding carboxylic acids is 3. The molecule has 3 heterocycles. The molecule has 1 saturated heterocycles. The SMILES string of the molecule is NC(=O)c1nn(CC(=O)N2[C@@H]3C[C@@H]3C[C@H]2C(=O)NCc2cccc(Cl)c2F)c2ncccc12. The van der Waals surface area contributed by atoms with Crippen molar-refractivity contribution in [2.45, 2.75) is 38.0 Å². The molecule has 2 aromatic heterocycles. The first kappa shape index (κ1) is 21.3. The molecule has 3 amide bonds. The lowest BCUT2D eigenvalue weighted by atomic mass is 10.1. The quantitative estimate of drug-likeness (QED) is 0.566. The first-order chi connectivity index (χ1) is 15.8. The number of fused-ring (bicyclic) bond motifs is 2. The molecule has 1 aliphatic heterocycles. The Kier molecular flexibility index (Phi) is 5.24. The van der Waals surface area contributed by atoms with Crippen molar-refractivity contribution in [2.75, 3.05) is 0 Å². The number of rotatable bonds is 6. The van der Waals surface area contributed by atoms with E-state index in [2.05, 4.69) is 15.4 Å². The van der Waals surface area contributed by atoms with Gasteiger partial charge in [0.2, 0.25) is 11.8 Å². The molecule has 11 heteroatoms. The molecule has 1 aliphatic carbocycles. The second-order valence-electron chi connectivity index (χ2n) is 8.29. The van der Waals surface area contributed by atoms with Crippen molar-refractivity contribution in [1.82, 2.24) is 25.0 Å². The van der Waals surface area contributed by atoms with Gasteiger partial charge >= 0.3 is 0 Å². The number of carbonyl (C=O) groups is 3. The maximum Gasteiger partial charge on any atom is 0.269 e. The monoisotopic (exact) mass is 470 g/mol. The summed E-state index contributed by atoms with van der Waals surface area (Å²) in [6, 6.07) is 7.23. The Labute approximate surface area is 192 Å². The number of hydrogen-bond donors (Lipinski definition) is 2. The predicted octanol–water partition coefficient (Wildman–Crippen LogP) is 1.63. The zero-order chi connectivity index (χ0) is 23.3. The highest BCUT2D eigenvalue weighted by Crippen LogP contribution is 2.48. The summed E-state index contributed by atoms with van der Waals surface area (Å²) in [7, 11) is 0. The Bertz CT molecular complexity index is 1290. The van der Waals surface area contributed by atoms with E-state index in [1.165, 1.54) is 16.9 Å². The third-order valence-electron chi connectivity index (χ3n) is 6.21. The largest absolute Gasteiger partial charge is 0.364 e. The molecule has 1 saturated carbocycles. The molecule has 3 aromatic rings. The highest BCUT2D eigenvalue weighted by molar-refractivity contribution is 6.30. The van der Waals surface area contributed by atoms with Crippen LogP contribution in [0.5, 0.6) is 0 Å². The molecule has 2 aliphatic rings. The number of halogens is 2. The molecule has 33 heavy (non-hydrogen) atoms. The van der Waals surface area contributed by atoms with Crippen LogP contribution in [0.15, 0.2) is 36.5 Å². The van der Waals surface area contributed by atoms with Gasteiger partial charge in [-0.3, -0.25) is 14.4 Å². The highest BCUT2D eigenvalue weighted by Gasteiger charge is 2.56. The first-order valence-electron chi connectivity index (χ1n) is 10.5. The highest BCUT2D eigenvalue weighted by atomic mass is 35.5. The Hall–Kier alpha value is -3.53. The normalized spacial score (nSPS) is 21.2. The molecule has 0 unspecified atom stereocenters. The Balaban J connectivity index is 1.33. The summed E-state index contributed by atoms with van der Waals surface area (Å²) in [5.74, 6) is -1.68. The zero-order valence-corrected chi connectivity index (χ0v) is 18.1. The molecule has 9 nitrogen and oxygen atoms in total. The third-order valence-corrected chi connectivity index (χ3v) is 6.50. The second kappa shape index (κ2) is 8.11. The van der Waals surface area contributed by atoms with Gasteiger partial charge < -0.3 is 16.0 Å². The number of amides is 3. The van der Waals surface area contributed by atoms with Gasteiger partial charge in [-0.2, -0.15) is 5.10 Å². The minimum Gasteiger partial charge on any atom is -0.364 e. The van der Waals surface area contributed by atoms with E-state index < -0.39 is 17.8 Å². The van der Waals surface area contributed by atoms with Crippen molar-refractivity contribution in [3.63, 3.8) is 0 Å². The topological polar surface area (TPSA) is 123 Å². The molecule has 2 fully saturated rings. The number of nitrogens with zero attached hydrogens (tertiary/aromatic N) is 4. The lowest BCUT2D eigenvalue weighted by Crippen LogP contribution is -2.48. The van der Waals surface area contributed by atoms with Crippen LogP contribution in [0.1, 0.15) is 28.9 Å². The van der Waals surface area contributed by atoms with E-state index in [-0.39, 0.29) is 53.1 Å². The van der Waals surface area contributed by atoms with E-state index in [0.29, 0.717) is 17.5 Å². The Morgan fingerprint density at radius 2 is 2.03 bits per heavy atom. The fourth-order valence-corrected chi connectivity index (χ4v) is 4.74. The average Bonchev–Trinajstić information content (AvgIpc) is 3.30. The van der Waals surface area contributed by atoms with Gasteiger partial charge in [0.15, 0.2) is 11.3 Å². The molecular weight excluding hydrogens is 451 g/mol. The number of primary amides is 1. The van der Waals surface area contributed by atoms with E-state index in [9.17, 15) is 18.8 Å². The number of hydrogen-bond acceptors (Lipinski definition) is 5. The van der Waals surface area contributed by atoms with E-state index in [4.69, 9.17) is 17.3 Å². The minimum absolute atomic E-state index is 0.0125. The van der Waals surface area contributed by atoms with Crippen molar-refractivity contribution in [1.29, 1.82) is 0 Å². The fraction of sp³-hybridized carbons (Fsp3) is 0.318. The van der Waals surface area contributed by atoms with Gasteiger partial charge in [-0.05, 0) is 37.0 Å². The molecule has 0 radical (unpaired) electrons. The van der Waals surface area contributed by atoms with Crippen LogP contribution in [0.3, 0.4) is 0 Å². The molecule has 0 spiro atoms. The maximum atomic E-state index is 14.1. The van der Waals surface area contributed by atoms with Crippen molar-refractivity contribution >= 4 is 40.4 Å². The van der Waals surface area contributed by atoms with Gasteiger partial charge in [0, 0.05) is 24.3 Å². The number of pyridine rings is 1. The van der Waals surface area contributed by atoms with Crippen LogP contribution in [0, 0.1) is 11.7 Å².